The fraction of sp³-hybridized carbons (Fsp3) is 0.0714. The maximum absolute atomic E-state index is 13.7. The second kappa shape index (κ2) is 6.40. The Kier molecular flexibility index (Phi) is 4.76. The van der Waals surface area contributed by atoms with Crippen molar-refractivity contribution < 1.29 is 17.2 Å². The largest absolute Gasteiger partial charge is 0.240 e. The van der Waals surface area contributed by atoms with Crippen LogP contribution in [0.4, 0.5) is 8.78 Å². The van der Waals surface area contributed by atoms with E-state index in [4.69, 9.17) is 16.9 Å². The van der Waals surface area contributed by atoms with Gasteiger partial charge in [0.05, 0.1) is 21.6 Å². The van der Waals surface area contributed by atoms with Crippen molar-refractivity contribution in [1.82, 2.24) is 4.72 Å². The van der Waals surface area contributed by atoms with Crippen molar-refractivity contribution in [3.63, 3.8) is 0 Å². The molecule has 0 aliphatic rings. The van der Waals surface area contributed by atoms with Crippen LogP contribution in [-0.4, -0.2) is 8.42 Å². The van der Waals surface area contributed by atoms with Crippen LogP contribution in [0, 0.1) is 23.0 Å². The molecule has 8 heteroatoms. The molecule has 2 aromatic rings. The van der Waals surface area contributed by atoms with Crippen LogP contribution in [0.15, 0.2) is 41.3 Å². The summed E-state index contributed by atoms with van der Waals surface area (Å²) in [7, 11) is -4.01. The third kappa shape index (κ3) is 3.42. The Morgan fingerprint density at radius 1 is 1.23 bits per heavy atom. The van der Waals surface area contributed by atoms with Crippen LogP contribution in [0.2, 0.25) is 5.02 Å². The van der Waals surface area contributed by atoms with Crippen molar-refractivity contribution in [2.45, 2.75) is 11.4 Å². The lowest BCUT2D eigenvalue weighted by Gasteiger charge is -2.09. The van der Waals surface area contributed by atoms with Crippen molar-refractivity contribution in [2.75, 3.05) is 0 Å². The summed E-state index contributed by atoms with van der Waals surface area (Å²) in [5, 5.41) is 8.46. The van der Waals surface area contributed by atoms with Gasteiger partial charge in [0.25, 0.3) is 0 Å². The lowest BCUT2D eigenvalue weighted by molar-refractivity contribution is 0.544. The molecule has 0 aliphatic heterocycles. The van der Waals surface area contributed by atoms with Crippen LogP contribution in [0.3, 0.4) is 0 Å². The van der Waals surface area contributed by atoms with Gasteiger partial charge in [-0.15, -0.1) is 0 Å². The topological polar surface area (TPSA) is 70.0 Å². The second-order valence-corrected chi connectivity index (χ2v) is 6.46. The lowest BCUT2D eigenvalue weighted by Crippen LogP contribution is -2.24. The van der Waals surface area contributed by atoms with Crippen LogP contribution in [0.5, 0.6) is 0 Å². The molecule has 0 saturated heterocycles. The van der Waals surface area contributed by atoms with Gasteiger partial charge in [-0.05, 0) is 30.3 Å². The Morgan fingerprint density at radius 3 is 2.64 bits per heavy atom. The molecule has 0 saturated carbocycles. The first-order chi connectivity index (χ1) is 10.3. The summed E-state index contributed by atoms with van der Waals surface area (Å²) in [5.74, 6) is -1.93. The quantitative estimate of drug-likeness (QED) is 0.868. The van der Waals surface area contributed by atoms with E-state index in [1.165, 1.54) is 18.2 Å². The summed E-state index contributed by atoms with van der Waals surface area (Å²) < 4.78 is 53.5. The van der Waals surface area contributed by atoms with E-state index in [0.717, 1.165) is 18.2 Å². The Labute approximate surface area is 131 Å². The standard InChI is InChI=1S/C14H9ClF2N2O2S/c15-12-4-5-13(16)11(14(12)17)8-19-22(20,21)10-3-1-2-9(6-10)7-18/h1-6,19H,8H2. The third-order valence-electron chi connectivity index (χ3n) is 2.85. The van der Waals surface area contributed by atoms with Gasteiger partial charge < -0.3 is 0 Å². The van der Waals surface area contributed by atoms with Crippen molar-refractivity contribution >= 4 is 21.6 Å². The minimum atomic E-state index is -4.01. The predicted octanol–water partition coefficient (Wildman–Crippen LogP) is 2.97. The summed E-state index contributed by atoms with van der Waals surface area (Å²) >= 11 is 5.54. The van der Waals surface area contributed by atoms with Gasteiger partial charge in [0.15, 0.2) is 0 Å². The molecule has 0 unspecified atom stereocenters. The molecule has 0 radical (unpaired) electrons. The molecule has 0 heterocycles. The molecule has 1 N–H and O–H groups in total. The van der Waals surface area contributed by atoms with Gasteiger partial charge in [-0.25, -0.2) is 21.9 Å². The van der Waals surface area contributed by atoms with Crippen molar-refractivity contribution in [3.8, 4) is 6.07 Å². The third-order valence-corrected chi connectivity index (χ3v) is 4.54. The van der Waals surface area contributed by atoms with E-state index in [9.17, 15) is 17.2 Å². The van der Waals surface area contributed by atoms with Crippen LogP contribution in [0.25, 0.3) is 0 Å². The summed E-state index contributed by atoms with van der Waals surface area (Å²) in [4.78, 5) is -0.172. The molecule has 0 spiro atoms. The molecule has 4 nitrogen and oxygen atoms in total. The highest BCUT2D eigenvalue weighted by Gasteiger charge is 2.18. The van der Waals surface area contributed by atoms with Crippen molar-refractivity contribution in [3.05, 3.63) is 64.2 Å². The fourth-order valence-corrected chi connectivity index (χ4v) is 2.93. The maximum atomic E-state index is 13.7. The number of sulfonamides is 1. The molecule has 114 valence electrons. The molecular weight excluding hydrogens is 334 g/mol. The molecule has 0 amide bonds. The summed E-state index contributed by atoms with van der Waals surface area (Å²) in [6.07, 6.45) is 0. The zero-order valence-electron chi connectivity index (χ0n) is 11.0. The van der Waals surface area contributed by atoms with Gasteiger partial charge in [0.1, 0.15) is 11.6 Å². The highest BCUT2D eigenvalue weighted by molar-refractivity contribution is 7.89. The molecule has 0 aromatic heterocycles. The number of halogens is 3. The van der Waals surface area contributed by atoms with Gasteiger partial charge in [-0.2, -0.15) is 5.26 Å². The number of nitriles is 1. The first-order valence-corrected chi connectivity index (χ1v) is 7.83. The number of rotatable bonds is 4. The summed E-state index contributed by atoms with van der Waals surface area (Å²) in [6, 6.07) is 9.07. The molecule has 2 rings (SSSR count). The molecular formula is C14H9ClF2N2O2S. The Bertz CT molecular complexity index is 864. The van der Waals surface area contributed by atoms with E-state index in [0.29, 0.717) is 0 Å². The molecule has 0 aliphatic carbocycles. The molecule has 0 fully saturated rings. The first kappa shape index (κ1) is 16.4. The molecule has 0 atom stereocenters. The normalized spacial score (nSPS) is 11.2. The molecule has 22 heavy (non-hydrogen) atoms. The van der Waals surface area contributed by atoms with E-state index in [2.05, 4.69) is 4.72 Å². The van der Waals surface area contributed by atoms with Gasteiger partial charge in [-0.1, -0.05) is 17.7 Å². The monoisotopic (exact) mass is 342 g/mol. The predicted molar refractivity (Wildman–Crippen MR) is 76.6 cm³/mol. The Balaban J connectivity index is 2.28. The van der Waals surface area contributed by atoms with E-state index in [1.807, 2.05) is 6.07 Å². The minimum Gasteiger partial charge on any atom is -0.207 e. The summed E-state index contributed by atoms with van der Waals surface area (Å²) in [5.41, 5.74) is -0.324. The van der Waals surface area contributed by atoms with Gasteiger partial charge in [0, 0.05) is 12.1 Å². The number of hydrogen-bond acceptors (Lipinski definition) is 3. The van der Waals surface area contributed by atoms with Gasteiger partial charge in [0.2, 0.25) is 10.0 Å². The highest BCUT2D eigenvalue weighted by atomic mass is 35.5. The van der Waals surface area contributed by atoms with E-state index >= 15 is 0 Å². The minimum absolute atomic E-state index is 0.156. The van der Waals surface area contributed by atoms with Crippen molar-refractivity contribution in [2.24, 2.45) is 0 Å². The van der Waals surface area contributed by atoms with Crippen molar-refractivity contribution in [1.29, 1.82) is 5.26 Å². The van der Waals surface area contributed by atoms with Gasteiger partial charge >= 0.3 is 0 Å². The van der Waals surface area contributed by atoms with Crippen LogP contribution in [0.1, 0.15) is 11.1 Å². The average Bonchev–Trinajstić information content (AvgIpc) is 2.51. The smallest absolute Gasteiger partial charge is 0.207 e. The second-order valence-electron chi connectivity index (χ2n) is 4.29. The first-order valence-electron chi connectivity index (χ1n) is 5.97. The number of benzene rings is 2. The lowest BCUT2D eigenvalue weighted by atomic mass is 10.2. The van der Waals surface area contributed by atoms with Crippen LogP contribution < -0.4 is 4.72 Å². The van der Waals surface area contributed by atoms with Gasteiger partial charge in [-0.3, -0.25) is 0 Å². The number of nitrogens with one attached hydrogen (secondary N) is 1. The van der Waals surface area contributed by atoms with E-state index in [1.54, 1.807) is 0 Å². The SMILES string of the molecule is N#Cc1cccc(S(=O)(=O)NCc2c(F)ccc(Cl)c2F)c1. The Morgan fingerprint density at radius 2 is 1.95 bits per heavy atom. The zero-order valence-corrected chi connectivity index (χ0v) is 12.5. The highest BCUT2D eigenvalue weighted by Crippen LogP contribution is 2.21. The number of nitrogens with zero attached hydrogens (tertiary/aromatic N) is 1. The molecule has 2 aromatic carbocycles. The summed E-state index contributed by atoms with van der Waals surface area (Å²) in [6.45, 7) is -0.600. The van der Waals surface area contributed by atoms with Crippen LogP contribution >= 0.6 is 11.6 Å². The Hall–Kier alpha value is -2.01. The zero-order chi connectivity index (χ0) is 16.3. The van der Waals surface area contributed by atoms with E-state index in [-0.39, 0.29) is 15.5 Å². The maximum Gasteiger partial charge on any atom is 0.240 e. The van der Waals surface area contributed by atoms with E-state index < -0.39 is 33.8 Å². The average molecular weight is 343 g/mol. The fourth-order valence-electron chi connectivity index (χ4n) is 1.71. The molecule has 0 bridgehead atoms. The number of hydrogen-bond donors (Lipinski definition) is 1. The van der Waals surface area contributed by atoms with Crippen LogP contribution in [-0.2, 0) is 16.6 Å².